The number of methoxy groups -OCH3 is 1. The number of aliphatic hydroxyl groups is 1. The Labute approximate surface area is 244 Å². The van der Waals surface area contributed by atoms with Gasteiger partial charge in [0.25, 0.3) is 0 Å². The van der Waals surface area contributed by atoms with E-state index in [1.165, 1.54) is 13.2 Å². The van der Waals surface area contributed by atoms with Crippen LogP contribution in [0.15, 0.2) is 55.1 Å². The van der Waals surface area contributed by atoms with Crippen LogP contribution in [0.3, 0.4) is 0 Å². The smallest absolute Gasteiger partial charge is 0.168 e. The number of aliphatic hydroxyl groups excluding tert-OH is 1. The quantitative estimate of drug-likeness (QED) is 0.292. The second kappa shape index (κ2) is 12.4. The Kier molecular flexibility index (Phi) is 8.29. The summed E-state index contributed by atoms with van der Waals surface area (Å²) in [6, 6.07) is 8.70. The highest BCUT2D eigenvalue weighted by molar-refractivity contribution is 5.80. The number of rotatable bonds is 8. The number of pyridine rings is 1. The molecule has 0 saturated carbocycles. The minimum atomic E-state index is -0.460. The molecular formula is C31H36FN7O3. The van der Waals surface area contributed by atoms with E-state index in [9.17, 15) is 9.50 Å². The lowest BCUT2D eigenvalue weighted by atomic mass is 9.91. The first-order valence-electron chi connectivity index (χ1n) is 14.5. The van der Waals surface area contributed by atoms with Crippen molar-refractivity contribution in [1.29, 1.82) is 0 Å². The van der Waals surface area contributed by atoms with Gasteiger partial charge in [0.05, 0.1) is 31.0 Å². The minimum Gasteiger partial charge on any atom is -0.496 e. The molecule has 42 heavy (non-hydrogen) atoms. The Morgan fingerprint density at radius 2 is 1.88 bits per heavy atom. The lowest BCUT2D eigenvalue weighted by molar-refractivity contribution is 0.0662. The molecule has 5 heterocycles. The average molecular weight is 574 g/mol. The monoisotopic (exact) mass is 573 g/mol. The summed E-state index contributed by atoms with van der Waals surface area (Å²) in [7, 11) is 1.49. The first kappa shape index (κ1) is 28.0. The second-order valence-corrected chi connectivity index (χ2v) is 10.9. The summed E-state index contributed by atoms with van der Waals surface area (Å²) < 4.78 is 27.6. The first-order valence-corrected chi connectivity index (χ1v) is 14.5. The third-order valence-electron chi connectivity index (χ3n) is 8.25. The van der Waals surface area contributed by atoms with E-state index < -0.39 is 5.82 Å². The fourth-order valence-corrected chi connectivity index (χ4v) is 5.82. The molecule has 2 aliphatic rings. The van der Waals surface area contributed by atoms with E-state index in [2.05, 4.69) is 26.4 Å². The SMILES string of the molecule is COc1cccc(F)c1-c1nccc(Nc2cc(N3CCC(C(C)O)CC3)c(-c3cnn(C4CCOCC4)c3)cn2)n1. The van der Waals surface area contributed by atoms with Gasteiger partial charge in [-0.15, -0.1) is 0 Å². The standard InChI is InChI=1S/C31H36FN7O3/c1-20(40)21-7-12-38(13-8-21)26-16-29(34-18-24(26)22-17-35-39(19-22)23-9-14-42-15-10-23)36-28-6-11-33-31(37-28)30-25(32)4-3-5-27(30)41-2/h3-6,11,16-21,23,40H,7-10,12-15H2,1-2H3,(H,33,34,36,37). The number of piperidine rings is 1. The van der Waals surface area contributed by atoms with Crippen molar-refractivity contribution < 1.29 is 19.0 Å². The van der Waals surface area contributed by atoms with Gasteiger partial charge in [-0.3, -0.25) is 4.68 Å². The molecule has 10 nitrogen and oxygen atoms in total. The summed E-state index contributed by atoms with van der Waals surface area (Å²) in [5.41, 5.74) is 3.24. The number of benzene rings is 1. The van der Waals surface area contributed by atoms with Crippen LogP contribution in [0, 0.1) is 11.7 Å². The van der Waals surface area contributed by atoms with Gasteiger partial charge in [-0.05, 0) is 56.7 Å². The molecule has 2 fully saturated rings. The van der Waals surface area contributed by atoms with Crippen LogP contribution in [-0.4, -0.2) is 69.4 Å². The van der Waals surface area contributed by atoms with Crippen LogP contribution in [0.2, 0.25) is 0 Å². The number of halogens is 1. The van der Waals surface area contributed by atoms with Crippen molar-refractivity contribution in [3.63, 3.8) is 0 Å². The van der Waals surface area contributed by atoms with E-state index in [-0.39, 0.29) is 23.4 Å². The zero-order valence-corrected chi connectivity index (χ0v) is 23.9. The van der Waals surface area contributed by atoms with Gasteiger partial charge >= 0.3 is 0 Å². The Balaban J connectivity index is 1.31. The molecule has 11 heteroatoms. The van der Waals surface area contributed by atoms with Gasteiger partial charge in [0.15, 0.2) is 5.82 Å². The molecule has 0 bridgehead atoms. The number of nitrogens with one attached hydrogen (secondary N) is 1. The Morgan fingerprint density at radius 3 is 2.64 bits per heavy atom. The molecule has 1 aromatic carbocycles. The zero-order chi connectivity index (χ0) is 29.1. The topological polar surface area (TPSA) is 110 Å². The van der Waals surface area contributed by atoms with E-state index in [0.717, 1.165) is 68.8 Å². The van der Waals surface area contributed by atoms with Gasteiger partial charge in [0, 0.05) is 67.8 Å². The maximum Gasteiger partial charge on any atom is 0.168 e. The molecule has 0 radical (unpaired) electrons. The van der Waals surface area contributed by atoms with Crippen molar-refractivity contribution in [3.8, 4) is 28.3 Å². The molecule has 0 aliphatic carbocycles. The molecule has 2 saturated heterocycles. The lowest BCUT2D eigenvalue weighted by Gasteiger charge is -2.35. The Morgan fingerprint density at radius 1 is 1.07 bits per heavy atom. The van der Waals surface area contributed by atoms with Gasteiger partial charge in [0.1, 0.15) is 23.2 Å². The molecule has 6 rings (SSSR count). The van der Waals surface area contributed by atoms with E-state index in [1.54, 1.807) is 24.4 Å². The highest BCUT2D eigenvalue weighted by Gasteiger charge is 2.26. The van der Waals surface area contributed by atoms with E-state index >= 15 is 0 Å². The molecule has 1 unspecified atom stereocenters. The van der Waals surface area contributed by atoms with Gasteiger partial charge in [-0.25, -0.2) is 19.3 Å². The molecule has 0 spiro atoms. The normalized spacial score (nSPS) is 17.3. The van der Waals surface area contributed by atoms with Gasteiger partial charge in [-0.1, -0.05) is 6.07 Å². The number of nitrogens with zero attached hydrogens (tertiary/aromatic N) is 6. The number of ether oxygens (including phenoxy) is 2. The fourth-order valence-electron chi connectivity index (χ4n) is 5.82. The van der Waals surface area contributed by atoms with Crippen molar-refractivity contribution in [1.82, 2.24) is 24.7 Å². The van der Waals surface area contributed by atoms with E-state index in [0.29, 0.717) is 23.4 Å². The third kappa shape index (κ3) is 5.93. The lowest BCUT2D eigenvalue weighted by Crippen LogP contribution is -2.37. The van der Waals surface area contributed by atoms with Crippen LogP contribution in [0.25, 0.3) is 22.5 Å². The molecule has 0 amide bonds. The van der Waals surface area contributed by atoms with Crippen LogP contribution in [0.5, 0.6) is 5.75 Å². The predicted octanol–water partition coefficient (Wildman–Crippen LogP) is 5.24. The maximum atomic E-state index is 14.7. The van der Waals surface area contributed by atoms with E-state index in [4.69, 9.17) is 19.6 Å². The highest BCUT2D eigenvalue weighted by Crippen LogP contribution is 2.37. The van der Waals surface area contributed by atoms with Crippen molar-refractivity contribution >= 4 is 17.3 Å². The number of hydrogen-bond acceptors (Lipinski definition) is 9. The van der Waals surface area contributed by atoms with Crippen LogP contribution in [0.1, 0.15) is 38.6 Å². The predicted molar refractivity (Wildman–Crippen MR) is 158 cm³/mol. The molecule has 3 aromatic heterocycles. The number of hydrogen-bond donors (Lipinski definition) is 2. The molecule has 2 N–H and O–H groups in total. The van der Waals surface area contributed by atoms with Crippen molar-refractivity contribution in [2.45, 2.75) is 44.8 Å². The molecule has 2 aliphatic heterocycles. The summed E-state index contributed by atoms with van der Waals surface area (Å²) in [5.74, 6) is 1.49. The summed E-state index contributed by atoms with van der Waals surface area (Å²) in [5, 5.41) is 18.1. The molecule has 1 atom stereocenters. The highest BCUT2D eigenvalue weighted by atomic mass is 19.1. The van der Waals surface area contributed by atoms with Gasteiger partial charge in [-0.2, -0.15) is 5.10 Å². The van der Waals surface area contributed by atoms with Crippen LogP contribution in [-0.2, 0) is 4.74 Å². The molecule has 220 valence electrons. The Hall–Kier alpha value is -4.09. The summed E-state index contributed by atoms with van der Waals surface area (Å²) in [6.45, 7) is 5.02. The second-order valence-electron chi connectivity index (χ2n) is 10.9. The maximum absolute atomic E-state index is 14.7. The van der Waals surface area contributed by atoms with Crippen molar-refractivity contribution in [2.75, 3.05) is 43.6 Å². The van der Waals surface area contributed by atoms with Crippen molar-refractivity contribution in [2.24, 2.45) is 5.92 Å². The first-order chi connectivity index (χ1) is 20.5. The van der Waals surface area contributed by atoms with Crippen LogP contribution in [0.4, 0.5) is 21.7 Å². The molecule has 4 aromatic rings. The fraction of sp³-hybridized carbons (Fsp3) is 0.419. The van der Waals surface area contributed by atoms with Crippen LogP contribution >= 0.6 is 0 Å². The van der Waals surface area contributed by atoms with Crippen LogP contribution < -0.4 is 15.0 Å². The summed E-state index contributed by atoms with van der Waals surface area (Å²) in [4.78, 5) is 15.9. The minimum absolute atomic E-state index is 0.204. The third-order valence-corrected chi connectivity index (χ3v) is 8.25. The van der Waals surface area contributed by atoms with Crippen molar-refractivity contribution in [3.05, 3.63) is 60.9 Å². The van der Waals surface area contributed by atoms with Gasteiger partial charge < -0.3 is 24.8 Å². The summed E-state index contributed by atoms with van der Waals surface area (Å²) >= 11 is 0. The number of aromatic nitrogens is 5. The van der Waals surface area contributed by atoms with Gasteiger partial charge in [0.2, 0.25) is 0 Å². The molecular weight excluding hydrogens is 537 g/mol. The Bertz CT molecular complexity index is 1510. The van der Waals surface area contributed by atoms with E-state index in [1.807, 2.05) is 30.1 Å². The average Bonchev–Trinajstić information content (AvgIpc) is 3.52. The number of anilines is 3. The largest absolute Gasteiger partial charge is 0.496 e. The zero-order valence-electron chi connectivity index (χ0n) is 23.9. The summed E-state index contributed by atoms with van der Waals surface area (Å²) in [6.07, 6.45) is 10.8.